The number of hydrogen-bond acceptors (Lipinski definition) is 3. The molecule has 2 fully saturated rings. The van der Waals surface area contributed by atoms with E-state index in [1.54, 1.807) is 0 Å². The smallest absolute Gasteiger partial charge is 0.222 e. The van der Waals surface area contributed by atoms with Crippen molar-refractivity contribution in [3.63, 3.8) is 0 Å². The molecule has 0 spiro atoms. The van der Waals surface area contributed by atoms with Gasteiger partial charge in [-0.05, 0) is 45.0 Å². The molecule has 0 radical (unpaired) electrons. The Labute approximate surface area is 159 Å². The van der Waals surface area contributed by atoms with Gasteiger partial charge in [0.2, 0.25) is 5.91 Å². The van der Waals surface area contributed by atoms with E-state index in [0.717, 1.165) is 39.1 Å². The Morgan fingerprint density at radius 3 is 2.58 bits per heavy atom. The zero-order valence-corrected chi connectivity index (χ0v) is 16.9. The molecule has 0 aromatic heterocycles. The first-order valence-electron chi connectivity index (χ1n) is 10.1. The molecule has 0 bridgehead atoms. The topological polar surface area (TPSA) is 26.8 Å². The van der Waals surface area contributed by atoms with Gasteiger partial charge in [-0.2, -0.15) is 0 Å². The zero-order valence-electron chi connectivity index (χ0n) is 16.9. The van der Waals surface area contributed by atoms with Crippen LogP contribution in [0, 0.1) is 5.92 Å². The summed E-state index contributed by atoms with van der Waals surface area (Å²) in [4.78, 5) is 19.8. The van der Waals surface area contributed by atoms with Crippen LogP contribution in [-0.2, 0) is 10.2 Å². The molecule has 2 atom stereocenters. The highest BCUT2D eigenvalue weighted by Gasteiger charge is 2.50. The van der Waals surface area contributed by atoms with Crippen LogP contribution in [0.5, 0.6) is 0 Å². The van der Waals surface area contributed by atoms with Crippen molar-refractivity contribution >= 4 is 5.91 Å². The van der Waals surface area contributed by atoms with Crippen molar-refractivity contribution in [3.8, 4) is 0 Å². The van der Waals surface area contributed by atoms with Crippen molar-refractivity contribution < 1.29 is 4.79 Å². The Morgan fingerprint density at radius 2 is 1.92 bits per heavy atom. The second kappa shape index (κ2) is 8.10. The fraction of sp³-hybridized carbons (Fsp3) is 0.682. The van der Waals surface area contributed by atoms with E-state index in [-0.39, 0.29) is 5.41 Å². The van der Waals surface area contributed by atoms with Gasteiger partial charge in [-0.3, -0.25) is 9.69 Å². The Kier molecular flexibility index (Phi) is 6.03. The van der Waals surface area contributed by atoms with Gasteiger partial charge < -0.3 is 9.80 Å². The van der Waals surface area contributed by atoms with Crippen molar-refractivity contribution in [2.24, 2.45) is 5.92 Å². The van der Waals surface area contributed by atoms with Crippen LogP contribution in [0.4, 0.5) is 0 Å². The number of rotatable bonds is 6. The molecule has 26 heavy (non-hydrogen) atoms. The molecule has 2 aliphatic rings. The van der Waals surface area contributed by atoms with Crippen LogP contribution in [0.3, 0.4) is 0 Å². The third-order valence-electron chi connectivity index (χ3n) is 6.22. The second-order valence-corrected chi connectivity index (χ2v) is 8.82. The van der Waals surface area contributed by atoms with Crippen LogP contribution >= 0.6 is 0 Å². The fourth-order valence-electron chi connectivity index (χ4n) is 4.87. The van der Waals surface area contributed by atoms with Crippen LogP contribution in [-0.4, -0.2) is 73.5 Å². The summed E-state index contributed by atoms with van der Waals surface area (Å²) in [7, 11) is 4.16. The maximum Gasteiger partial charge on any atom is 0.222 e. The summed E-state index contributed by atoms with van der Waals surface area (Å²) in [6.45, 7) is 9.50. The van der Waals surface area contributed by atoms with Gasteiger partial charge in [0.25, 0.3) is 0 Å². The fourth-order valence-corrected chi connectivity index (χ4v) is 4.87. The van der Waals surface area contributed by atoms with Crippen molar-refractivity contribution in [1.82, 2.24) is 14.7 Å². The second-order valence-electron chi connectivity index (χ2n) is 8.82. The molecule has 2 saturated heterocycles. The molecule has 2 aliphatic heterocycles. The van der Waals surface area contributed by atoms with Gasteiger partial charge in [-0.1, -0.05) is 44.2 Å². The number of likely N-dealkylation sites (N-methyl/N-ethyl adjacent to an activating group) is 1. The third-order valence-corrected chi connectivity index (χ3v) is 6.22. The number of carbonyl (C=O) groups is 1. The molecule has 2 unspecified atom stereocenters. The molecule has 0 aliphatic carbocycles. The Morgan fingerprint density at radius 1 is 1.19 bits per heavy atom. The lowest BCUT2D eigenvalue weighted by molar-refractivity contribution is -0.131. The molecule has 1 aromatic carbocycles. The minimum Gasteiger partial charge on any atom is -0.340 e. The average Bonchev–Trinajstić information content (AvgIpc) is 2.87. The minimum absolute atomic E-state index is 0.124. The van der Waals surface area contributed by atoms with Gasteiger partial charge in [-0.25, -0.2) is 0 Å². The number of nitrogens with zero attached hydrogens (tertiary/aromatic N) is 3. The molecule has 4 nitrogen and oxygen atoms in total. The van der Waals surface area contributed by atoms with E-state index in [9.17, 15) is 4.79 Å². The van der Waals surface area contributed by atoms with Gasteiger partial charge in [0.05, 0.1) is 0 Å². The largest absolute Gasteiger partial charge is 0.340 e. The van der Waals surface area contributed by atoms with Gasteiger partial charge in [0.15, 0.2) is 0 Å². The number of fused-ring (bicyclic) bond motifs is 1. The highest BCUT2D eigenvalue weighted by atomic mass is 16.2. The minimum atomic E-state index is 0.124. The predicted octanol–water partition coefficient (Wildman–Crippen LogP) is 2.84. The highest BCUT2D eigenvalue weighted by molar-refractivity contribution is 5.77. The maximum absolute atomic E-state index is 12.8. The summed E-state index contributed by atoms with van der Waals surface area (Å²) in [6, 6.07) is 11.4. The zero-order chi connectivity index (χ0) is 18.7. The normalized spacial score (nSPS) is 27.2. The van der Waals surface area contributed by atoms with Crippen LogP contribution < -0.4 is 0 Å². The van der Waals surface area contributed by atoms with Gasteiger partial charge in [0, 0.05) is 44.1 Å². The van der Waals surface area contributed by atoms with Gasteiger partial charge in [-0.15, -0.1) is 0 Å². The monoisotopic (exact) mass is 357 g/mol. The molecule has 0 N–H and O–H groups in total. The van der Waals surface area contributed by atoms with E-state index in [4.69, 9.17) is 0 Å². The van der Waals surface area contributed by atoms with E-state index in [2.05, 4.69) is 73.0 Å². The van der Waals surface area contributed by atoms with Crippen molar-refractivity contribution in [1.29, 1.82) is 0 Å². The van der Waals surface area contributed by atoms with Crippen molar-refractivity contribution in [2.45, 2.75) is 44.6 Å². The van der Waals surface area contributed by atoms with Crippen molar-refractivity contribution in [2.75, 3.05) is 46.8 Å². The van der Waals surface area contributed by atoms with Crippen LogP contribution in [0.15, 0.2) is 30.3 Å². The third kappa shape index (κ3) is 3.96. The first-order valence-corrected chi connectivity index (χ1v) is 10.1. The maximum atomic E-state index is 12.8. The standard InChI is InChI=1S/C22H35N3O/c1-18(2)16-24-13-12-22(19-8-6-5-7-9-19)11-10-21(26)25(17-20(22)24)15-14-23(3)4/h5-9,18,20H,10-17H2,1-4H3. The summed E-state index contributed by atoms with van der Waals surface area (Å²) >= 11 is 0. The molecule has 2 heterocycles. The van der Waals surface area contributed by atoms with E-state index in [1.165, 1.54) is 12.0 Å². The molecule has 1 aromatic rings. The predicted molar refractivity (Wildman–Crippen MR) is 107 cm³/mol. The van der Waals surface area contributed by atoms with Crippen LogP contribution in [0.1, 0.15) is 38.7 Å². The quantitative estimate of drug-likeness (QED) is 0.783. The Balaban J connectivity index is 1.91. The molecule has 144 valence electrons. The van der Waals surface area contributed by atoms with E-state index >= 15 is 0 Å². The number of likely N-dealkylation sites (tertiary alicyclic amines) is 2. The van der Waals surface area contributed by atoms with Gasteiger partial charge >= 0.3 is 0 Å². The number of amides is 1. The number of hydrogen-bond donors (Lipinski definition) is 0. The Hall–Kier alpha value is -1.39. The molecular weight excluding hydrogens is 322 g/mol. The Bertz CT molecular complexity index is 601. The molecule has 4 heteroatoms. The summed E-state index contributed by atoms with van der Waals surface area (Å²) in [5, 5.41) is 0. The van der Waals surface area contributed by atoms with Crippen LogP contribution in [0.2, 0.25) is 0 Å². The first-order chi connectivity index (χ1) is 12.4. The SMILES string of the molecule is CC(C)CN1CCC2(c3ccccc3)CCC(=O)N(CCN(C)C)CC12. The number of carbonyl (C=O) groups excluding carboxylic acids is 1. The van der Waals surface area contributed by atoms with E-state index in [1.807, 2.05) is 0 Å². The lowest BCUT2D eigenvalue weighted by Crippen LogP contribution is -2.50. The van der Waals surface area contributed by atoms with Crippen molar-refractivity contribution in [3.05, 3.63) is 35.9 Å². The first kappa shape index (κ1) is 19.4. The molecular formula is C22H35N3O. The summed E-state index contributed by atoms with van der Waals surface area (Å²) in [5.41, 5.74) is 1.55. The lowest BCUT2D eigenvalue weighted by Gasteiger charge is -2.39. The molecule has 1 amide bonds. The van der Waals surface area contributed by atoms with E-state index in [0.29, 0.717) is 24.3 Å². The number of benzene rings is 1. The van der Waals surface area contributed by atoms with E-state index < -0.39 is 0 Å². The summed E-state index contributed by atoms with van der Waals surface area (Å²) < 4.78 is 0. The highest BCUT2D eigenvalue weighted by Crippen LogP contribution is 2.46. The average molecular weight is 358 g/mol. The molecule has 0 saturated carbocycles. The lowest BCUT2D eigenvalue weighted by atomic mass is 9.71. The van der Waals surface area contributed by atoms with Gasteiger partial charge in [0.1, 0.15) is 0 Å². The summed E-state index contributed by atoms with van der Waals surface area (Å²) in [5.74, 6) is 0.983. The molecule has 3 rings (SSSR count). The summed E-state index contributed by atoms with van der Waals surface area (Å²) in [6.07, 6.45) is 2.82. The van der Waals surface area contributed by atoms with Crippen LogP contribution in [0.25, 0.3) is 0 Å².